The van der Waals surface area contributed by atoms with Gasteiger partial charge in [-0.3, -0.25) is 4.57 Å². The van der Waals surface area contributed by atoms with Gasteiger partial charge in [0.25, 0.3) is 0 Å². The van der Waals surface area contributed by atoms with Crippen LogP contribution in [0.4, 0.5) is 0 Å². The van der Waals surface area contributed by atoms with E-state index in [9.17, 15) is 0 Å². The first-order chi connectivity index (χ1) is 13.8. The summed E-state index contributed by atoms with van der Waals surface area (Å²) < 4.78 is 12.9. The molecular formula is C21H16N4O2S. The Labute approximate surface area is 165 Å². The van der Waals surface area contributed by atoms with Gasteiger partial charge in [-0.2, -0.15) is 0 Å². The first-order valence-corrected chi connectivity index (χ1v) is 9.91. The van der Waals surface area contributed by atoms with Crippen LogP contribution in [0.25, 0.3) is 39.2 Å². The smallest absolute Gasteiger partial charge is 0.189 e. The molecule has 3 aromatic heterocycles. The monoisotopic (exact) mass is 388 g/mol. The zero-order valence-corrected chi connectivity index (χ0v) is 16.1. The fourth-order valence-electron chi connectivity index (χ4n) is 3.27. The minimum atomic E-state index is 0.707. The van der Waals surface area contributed by atoms with Gasteiger partial charge in [-0.15, -0.1) is 0 Å². The molecule has 7 heteroatoms. The maximum absolute atomic E-state index is 5.48. The second-order valence-electron chi connectivity index (χ2n) is 6.20. The molecule has 0 aliphatic rings. The second kappa shape index (κ2) is 6.69. The van der Waals surface area contributed by atoms with Crippen molar-refractivity contribution in [3.05, 3.63) is 61.0 Å². The molecular weight excluding hydrogens is 372 g/mol. The number of furan rings is 1. The van der Waals surface area contributed by atoms with Crippen molar-refractivity contribution in [1.82, 2.24) is 19.5 Å². The number of aromatic nitrogens is 4. The van der Waals surface area contributed by atoms with Crippen molar-refractivity contribution in [2.24, 2.45) is 0 Å². The Morgan fingerprint density at radius 2 is 1.96 bits per heavy atom. The Bertz CT molecular complexity index is 1310. The number of hydrogen-bond donors (Lipinski definition) is 0. The Morgan fingerprint density at radius 3 is 2.82 bits per heavy atom. The molecule has 0 spiro atoms. The van der Waals surface area contributed by atoms with Gasteiger partial charge in [-0.25, -0.2) is 15.0 Å². The number of rotatable bonds is 4. The Hall–Kier alpha value is -3.32. The van der Waals surface area contributed by atoms with E-state index >= 15 is 0 Å². The highest BCUT2D eigenvalue weighted by Crippen LogP contribution is 2.32. The lowest BCUT2D eigenvalue weighted by molar-refractivity contribution is 0.415. The molecule has 0 aliphatic carbocycles. The van der Waals surface area contributed by atoms with E-state index in [-0.39, 0.29) is 0 Å². The van der Waals surface area contributed by atoms with Crippen molar-refractivity contribution in [1.29, 1.82) is 0 Å². The van der Waals surface area contributed by atoms with Gasteiger partial charge in [-0.1, -0.05) is 11.8 Å². The summed E-state index contributed by atoms with van der Waals surface area (Å²) in [6.45, 7) is 0. The number of hydrogen-bond acceptors (Lipinski definition) is 6. The summed E-state index contributed by atoms with van der Waals surface area (Å²) >= 11 is 1.50. The molecule has 0 saturated carbocycles. The fourth-order valence-corrected chi connectivity index (χ4v) is 3.62. The second-order valence-corrected chi connectivity index (χ2v) is 6.97. The Morgan fingerprint density at radius 1 is 1.04 bits per heavy atom. The average molecular weight is 388 g/mol. The van der Waals surface area contributed by atoms with E-state index in [0.717, 1.165) is 45.0 Å². The maximum Gasteiger partial charge on any atom is 0.189 e. The predicted octanol–water partition coefficient (Wildman–Crippen LogP) is 4.96. The summed E-state index contributed by atoms with van der Waals surface area (Å²) in [4.78, 5) is 13.9. The van der Waals surface area contributed by atoms with Crippen LogP contribution < -0.4 is 4.74 Å². The Balaban J connectivity index is 1.82. The number of nitrogens with zero attached hydrogens (tertiary/aromatic N) is 4. The molecule has 0 saturated heterocycles. The minimum absolute atomic E-state index is 0.707. The summed E-state index contributed by atoms with van der Waals surface area (Å²) in [5, 5.41) is 1.74. The first-order valence-electron chi connectivity index (χ1n) is 8.68. The summed E-state index contributed by atoms with van der Waals surface area (Å²) in [5.74, 6) is 2.33. The van der Waals surface area contributed by atoms with E-state index in [1.165, 1.54) is 11.8 Å². The largest absolute Gasteiger partial charge is 0.497 e. The quantitative estimate of drug-likeness (QED) is 0.320. The highest BCUT2D eigenvalue weighted by molar-refractivity contribution is 7.98. The van der Waals surface area contributed by atoms with Crippen molar-refractivity contribution in [2.75, 3.05) is 13.4 Å². The molecule has 0 unspecified atom stereocenters. The van der Waals surface area contributed by atoms with E-state index in [1.807, 2.05) is 53.3 Å². The average Bonchev–Trinajstić information content (AvgIpc) is 3.36. The molecule has 28 heavy (non-hydrogen) atoms. The number of thioether (sulfide) groups is 1. The molecule has 0 bridgehead atoms. The number of methoxy groups -OCH3 is 1. The van der Waals surface area contributed by atoms with Gasteiger partial charge in [0.15, 0.2) is 5.16 Å². The molecule has 2 aromatic carbocycles. The zero-order valence-electron chi connectivity index (χ0n) is 15.3. The lowest BCUT2D eigenvalue weighted by Crippen LogP contribution is -2.02. The number of fused-ring (bicyclic) bond motifs is 2. The van der Waals surface area contributed by atoms with Crippen molar-refractivity contribution >= 4 is 33.8 Å². The molecule has 138 valence electrons. The molecule has 0 aliphatic heterocycles. The van der Waals surface area contributed by atoms with Crippen LogP contribution in [-0.2, 0) is 0 Å². The molecule has 0 atom stereocenters. The summed E-state index contributed by atoms with van der Waals surface area (Å²) in [7, 11) is 1.66. The Kier molecular flexibility index (Phi) is 4.02. The van der Waals surface area contributed by atoms with Gasteiger partial charge in [0.2, 0.25) is 0 Å². The van der Waals surface area contributed by atoms with E-state index in [2.05, 4.69) is 11.1 Å². The van der Waals surface area contributed by atoms with Crippen molar-refractivity contribution in [2.45, 2.75) is 5.16 Å². The molecule has 0 amide bonds. The van der Waals surface area contributed by atoms with Gasteiger partial charge in [0, 0.05) is 23.2 Å². The highest BCUT2D eigenvalue weighted by Gasteiger charge is 2.17. The standard InChI is InChI=1S/C21H16N4O2S/c1-26-15-4-5-16-17(12-15)25(19-7-9-22-21(24-19)28-2)20(23-16)14-3-6-18-13(11-14)8-10-27-18/h3-12H,1-2H3. The van der Waals surface area contributed by atoms with Gasteiger partial charge in [-0.05, 0) is 48.7 Å². The van der Waals surface area contributed by atoms with Gasteiger partial charge in [0.05, 0.1) is 24.4 Å². The van der Waals surface area contributed by atoms with E-state index < -0.39 is 0 Å². The van der Waals surface area contributed by atoms with Crippen LogP contribution in [0.1, 0.15) is 0 Å². The number of ether oxygens (including phenoxy) is 1. The van der Waals surface area contributed by atoms with Crippen LogP contribution in [0.2, 0.25) is 0 Å². The van der Waals surface area contributed by atoms with Crippen LogP contribution in [0.5, 0.6) is 5.75 Å². The molecule has 5 aromatic rings. The van der Waals surface area contributed by atoms with E-state index in [1.54, 1.807) is 19.6 Å². The first kappa shape index (κ1) is 16.8. The van der Waals surface area contributed by atoms with Crippen molar-refractivity contribution in [3.8, 4) is 23.0 Å². The topological polar surface area (TPSA) is 66.0 Å². The third-order valence-corrected chi connectivity index (χ3v) is 5.16. The van der Waals surface area contributed by atoms with Crippen LogP contribution in [0.15, 0.2) is 70.6 Å². The third kappa shape index (κ3) is 2.71. The van der Waals surface area contributed by atoms with Crippen LogP contribution in [0.3, 0.4) is 0 Å². The van der Waals surface area contributed by atoms with Crippen LogP contribution in [-0.4, -0.2) is 32.9 Å². The highest BCUT2D eigenvalue weighted by atomic mass is 32.2. The van der Waals surface area contributed by atoms with Crippen LogP contribution in [0, 0.1) is 0 Å². The normalized spacial score (nSPS) is 11.4. The number of imidazole rings is 1. The van der Waals surface area contributed by atoms with Crippen LogP contribution >= 0.6 is 11.8 Å². The lowest BCUT2D eigenvalue weighted by atomic mass is 10.1. The third-order valence-electron chi connectivity index (χ3n) is 4.60. The lowest BCUT2D eigenvalue weighted by Gasteiger charge is -2.10. The van der Waals surface area contributed by atoms with Gasteiger partial charge in [0.1, 0.15) is 23.0 Å². The van der Waals surface area contributed by atoms with E-state index in [4.69, 9.17) is 19.1 Å². The molecule has 0 radical (unpaired) electrons. The minimum Gasteiger partial charge on any atom is -0.497 e. The summed E-state index contributed by atoms with van der Waals surface area (Å²) in [6.07, 6.45) is 5.42. The zero-order chi connectivity index (χ0) is 19.1. The maximum atomic E-state index is 5.48. The molecule has 0 fully saturated rings. The van der Waals surface area contributed by atoms with Gasteiger partial charge >= 0.3 is 0 Å². The predicted molar refractivity (Wildman–Crippen MR) is 110 cm³/mol. The van der Waals surface area contributed by atoms with Crippen molar-refractivity contribution in [3.63, 3.8) is 0 Å². The van der Waals surface area contributed by atoms with Crippen molar-refractivity contribution < 1.29 is 9.15 Å². The van der Waals surface area contributed by atoms with E-state index in [0.29, 0.717) is 5.16 Å². The molecule has 6 nitrogen and oxygen atoms in total. The summed E-state index contributed by atoms with van der Waals surface area (Å²) in [5.41, 5.74) is 3.62. The number of benzene rings is 2. The van der Waals surface area contributed by atoms with Gasteiger partial charge < -0.3 is 9.15 Å². The molecule has 0 N–H and O–H groups in total. The molecule has 3 heterocycles. The summed E-state index contributed by atoms with van der Waals surface area (Å²) in [6, 6.07) is 15.7. The molecule has 5 rings (SSSR count). The SMILES string of the molecule is COc1ccc2nc(-c3ccc4occc4c3)n(-c3ccnc(SC)n3)c2c1. The fraction of sp³-hybridized carbons (Fsp3) is 0.0952.